The van der Waals surface area contributed by atoms with Crippen molar-refractivity contribution in [1.82, 2.24) is 5.32 Å². The first kappa shape index (κ1) is 19.4. The van der Waals surface area contributed by atoms with E-state index in [0.29, 0.717) is 10.7 Å². The molecule has 4 nitrogen and oxygen atoms in total. The second-order valence-corrected chi connectivity index (χ2v) is 7.86. The molecule has 0 saturated carbocycles. The van der Waals surface area contributed by atoms with Crippen molar-refractivity contribution in [3.05, 3.63) is 63.0 Å². The highest BCUT2D eigenvalue weighted by molar-refractivity contribution is 9.10. The summed E-state index contributed by atoms with van der Waals surface area (Å²) in [6.07, 6.45) is 8.07. The number of benzene rings is 2. The van der Waals surface area contributed by atoms with Gasteiger partial charge in [-0.3, -0.25) is 4.79 Å². The second kappa shape index (κ2) is 9.03. The van der Waals surface area contributed by atoms with Gasteiger partial charge in [0.2, 0.25) is 0 Å². The summed E-state index contributed by atoms with van der Waals surface area (Å²) in [5, 5.41) is 6.27. The molecule has 6 heteroatoms. The fourth-order valence-electron chi connectivity index (χ4n) is 2.55. The predicted octanol–water partition coefficient (Wildman–Crippen LogP) is 4.62. The van der Waals surface area contributed by atoms with Crippen LogP contribution in [0, 0.1) is 12.3 Å². The van der Waals surface area contributed by atoms with Crippen LogP contribution in [-0.4, -0.2) is 18.0 Å². The van der Waals surface area contributed by atoms with Crippen LogP contribution in [0.3, 0.4) is 0 Å². The monoisotopic (exact) mass is 442 g/mol. The van der Waals surface area contributed by atoms with Gasteiger partial charge in [0, 0.05) is 5.69 Å². The van der Waals surface area contributed by atoms with E-state index in [-0.39, 0.29) is 18.0 Å². The Bertz CT molecular complexity index is 903. The van der Waals surface area contributed by atoms with E-state index in [4.69, 9.17) is 11.2 Å². The standard InChI is InChI=1S/C21H19BrN2O2S/c1-3-11-26-18-10-7-15(12-17(18)22)13-19-20(25)24-21(27-19)23-16-8-5-14(4-2)6-9-16/h1,5-10,12-13,21,23H,4,11H2,2H3,(H,24,25)/b19-13-/t21-/m1/s1. The first-order chi connectivity index (χ1) is 13.1. The minimum atomic E-state index is -0.196. The van der Waals surface area contributed by atoms with Crippen LogP contribution in [0.15, 0.2) is 51.8 Å². The Morgan fingerprint density at radius 2 is 2.11 bits per heavy atom. The van der Waals surface area contributed by atoms with Crippen LogP contribution in [0.4, 0.5) is 5.69 Å². The lowest BCUT2D eigenvalue weighted by molar-refractivity contribution is -0.116. The van der Waals surface area contributed by atoms with Crippen molar-refractivity contribution in [2.24, 2.45) is 0 Å². The Balaban J connectivity index is 1.67. The van der Waals surface area contributed by atoms with Gasteiger partial charge in [-0.2, -0.15) is 0 Å². The number of anilines is 1. The highest BCUT2D eigenvalue weighted by Crippen LogP contribution is 2.32. The van der Waals surface area contributed by atoms with Crippen molar-refractivity contribution in [3.8, 4) is 18.1 Å². The maximum atomic E-state index is 12.3. The van der Waals surface area contributed by atoms with E-state index in [9.17, 15) is 4.79 Å². The number of terminal acetylenes is 1. The number of rotatable bonds is 6. The lowest BCUT2D eigenvalue weighted by Gasteiger charge is -2.12. The summed E-state index contributed by atoms with van der Waals surface area (Å²) < 4.78 is 6.23. The van der Waals surface area contributed by atoms with Crippen molar-refractivity contribution in [3.63, 3.8) is 0 Å². The van der Waals surface area contributed by atoms with E-state index in [2.05, 4.69) is 51.5 Å². The number of hydrogen-bond donors (Lipinski definition) is 2. The Labute approximate surface area is 171 Å². The molecule has 1 aliphatic rings. The van der Waals surface area contributed by atoms with Crippen LogP contribution in [0.25, 0.3) is 6.08 Å². The SMILES string of the molecule is C#CCOc1ccc(/C=C2\S[C@H](Nc3ccc(CC)cc3)NC2=O)cc1Br. The normalized spacial score (nSPS) is 17.4. The van der Waals surface area contributed by atoms with Gasteiger partial charge in [0.1, 0.15) is 12.4 Å². The zero-order chi connectivity index (χ0) is 19.2. The molecule has 0 radical (unpaired) electrons. The number of amides is 1. The van der Waals surface area contributed by atoms with Gasteiger partial charge in [-0.1, -0.05) is 42.8 Å². The minimum Gasteiger partial charge on any atom is -0.480 e. The van der Waals surface area contributed by atoms with Crippen molar-refractivity contribution >= 4 is 45.4 Å². The third-order valence-electron chi connectivity index (χ3n) is 3.96. The predicted molar refractivity (Wildman–Crippen MR) is 115 cm³/mol. The number of carbonyl (C=O) groups is 1. The zero-order valence-electron chi connectivity index (χ0n) is 14.8. The maximum Gasteiger partial charge on any atom is 0.260 e. The molecular weight excluding hydrogens is 424 g/mol. The fraction of sp³-hybridized carbons (Fsp3) is 0.190. The summed E-state index contributed by atoms with van der Waals surface area (Å²) in [5.74, 6) is 3.02. The van der Waals surface area contributed by atoms with E-state index in [0.717, 1.165) is 22.1 Å². The molecule has 1 atom stereocenters. The van der Waals surface area contributed by atoms with Crippen molar-refractivity contribution in [1.29, 1.82) is 0 Å². The number of nitrogens with one attached hydrogen (secondary N) is 2. The molecule has 1 heterocycles. The Morgan fingerprint density at radius 3 is 2.78 bits per heavy atom. The number of aryl methyl sites for hydroxylation is 1. The molecule has 3 rings (SSSR count). The van der Waals surface area contributed by atoms with E-state index in [1.54, 1.807) is 0 Å². The lowest BCUT2D eigenvalue weighted by atomic mass is 10.1. The Hall–Kier alpha value is -2.36. The molecule has 2 N–H and O–H groups in total. The van der Waals surface area contributed by atoms with E-state index in [1.165, 1.54) is 17.3 Å². The maximum absolute atomic E-state index is 12.3. The summed E-state index contributed by atoms with van der Waals surface area (Å²) in [7, 11) is 0. The van der Waals surface area contributed by atoms with Crippen LogP contribution in [0.1, 0.15) is 18.1 Å². The van der Waals surface area contributed by atoms with Crippen LogP contribution in [0.2, 0.25) is 0 Å². The second-order valence-electron chi connectivity index (χ2n) is 5.86. The number of carbonyl (C=O) groups excluding carboxylic acids is 1. The molecule has 1 aliphatic heterocycles. The molecule has 138 valence electrons. The van der Waals surface area contributed by atoms with Gasteiger partial charge in [-0.15, -0.1) is 6.42 Å². The summed E-state index contributed by atoms with van der Waals surface area (Å²) >= 11 is 4.93. The lowest BCUT2D eigenvalue weighted by Crippen LogP contribution is -2.30. The first-order valence-corrected chi connectivity index (χ1v) is 10.2. The molecule has 27 heavy (non-hydrogen) atoms. The Morgan fingerprint density at radius 1 is 1.33 bits per heavy atom. The molecular formula is C21H19BrN2O2S. The first-order valence-electron chi connectivity index (χ1n) is 8.49. The van der Waals surface area contributed by atoms with Crippen molar-refractivity contribution in [2.75, 3.05) is 11.9 Å². The van der Waals surface area contributed by atoms with Crippen LogP contribution in [-0.2, 0) is 11.2 Å². The summed E-state index contributed by atoms with van der Waals surface area (Å²) in [6, 6.07) is 13.8. The number of hydrogen-bond acceptors (Lipinski definition) is 4. The quantitative estimate of drug-likeness (QED) is 0.505. The van der Waals surface area contributed by atoms with Gasteiger partial charge < -0.3 is 15.4 Å². The molecule has 1 amide bonds. The van der Waals surface area contributed by atoms with Crippen molar-refractivity contribution < 1.29 is 9.53 Å². The minimum absolute atomic E-state index is 0.0912. The van der Waals surface area contributed by atoms with Gasteiger partial charge in [-0.05, 0) is 63.8 Å². The smallest absolute Gasteiger partial charge is 0.260 e. The molecule has 1 fully saturated rings. The van der Waals surface area contributed by atoms with E-state index >= 15 is 0 Å². The topological polar surface area (TPSA) is 50.4 Å². The van der Waals surface area contributed by atoms with Crippen molar-refractivity contribution in [2.45, 2.75) is 18.8 Å². The highest BCUT2D eigenvalue weighted by Gasteiger charge is 2.27. The van der Waals surface area contributed by atoms with Gasteiger partial charge >= 0.3 is 0 Å². The molecule has 0 aliphatic carbocycles. The summed E-state index contributed by atoms with van der Waals surface area (Å²) in [6.45, 7) is 2.34. The Kier molecular flexibility index (Phi) is 6.49. The van der Waals surface area contributed by atoms with E-state index < -0.39 is 0 Å². The van der Waals surface area contributed by atoms with E-state index in [1.807, 2.05) is 36.4 Å². The molecule has 0 spiro atoms. The van der Waals surface area contributed by atoms with Gasteiger partial charge in [0.25, 0.3) is 5.91 Å². The third kappa shape index (κ3) is 5.09. The van der Waals surface area contributed by atoms with Crippen LogP contribution in [0.5, 0.6) is 5.75 Å². The molecule has 2 aromatic rings. The van der Waals surface area contributed by atoms with Gasteiger partial charge in [0.05, 0.1) is 9.38 Å². The zero-order valence-corrected chi connectivity index (χ0v) is 17.2. The average molecular weight is 443 g/mol. The van der Waals surface area contributed by atoms with Gasteiger partial charge in [-0.25, -0.2) is 0 Å². The number of ether oxygens (including phenoxy) is 1. The van der Waals surface area contributed by atoms with Gasteiger partial charge in [0.15, 0.2) is 5.50 Å². The number of halogens is 1. The molecule has 1 saturated heterocycles. The molecule has 2 aromatic carbocycles. The fourth-order valence-corrected chi connectivity index (χ4v) is 4.04. The summed E-state index contributed by atoms with van der Waals surface area (Å²) in [5.41, 5.74) is 2.96. The third-order valence-corrected chi connectivity index (χ3v) is 5.60. The molecule has 0 unspecified atom stereocenters. The largest absolute Gasteiger partial charge is 0.480 e. The number of thioether (sulfide) groups is 1. The molecule has 0 aromatic heterocycles. The summed E-state index contributed by atoms with van der Waals surface area (Å²) in [4.78, 5) is 12.9. The van der Waals surface area contributed by atoms with Crippen LogP contribution >= 0.6 is 27.7 Å². The highest BCUT2D eigenvalue weighted by atomic mass is 79.9. The van der Waals surface area contributed by atoms with Crippen LogP contribution < -0.4 is 15.4 Å². The molecule has 0 bridgehead atoms. The average Bonchev–Trinajstić information content (AvgIpc) is 3.00.